The highest BCUT2D eigenvalue weighted by atomic mass is 14.8. The summed E-state index contributed by atoms with van der Waals surface area (Å²) in [4.78, 5) is 9.69. The lowest BCUT2D eigenvalue weighted by atomic mass is 9.81. The topological polar surface area (TPSA) is 24.7 Å². The average Bonchev–Trinajstić information content (AvgIpc) is 2.63. The number of nitrogens with zero attached hydrogens (tertiary/aromatic N) is 2. The van der Waals surface area contributed by atoms with Crippen LogP contribution in [0.3, 0.4) is 0 Å². The van der Waals surface area contributed by atoms with Crippen LogP contribution in [-0.2, 0) is 10.8 Å². The Morgan fingerprint density at radius 3 is 1.70 bits per heavy atom. The molecule has 0 unspecified atom stereocenters. The van der Waals surface area contributed by atoms with Crippen molar-refractivity contribution in [3.8, 4) is 0 Å². The lowest BCUT2D eigenvalue weighted by molar-refractivity contribution is 0.578. The maximum Gasteiger partial charge on any atom is 0.0699 e. The Morgan fingerprint density at radius 2 is 1.23 bits per heavy atom. The van der Waals surface area contributed by atoms with E-state index in [4.69, 9.17) is 9.98 Å². The van der Waals surface area contributed by atoms with Crippen LogP contribution in [0.2, 0.25) is 0 Å². The minimum atomic E-state index is 0.0370. The smallest absolute Gasteiger partial charge is 0.0699 e. The average molecular weight is 405 g/mol. The molecule has 0 saturated carbocycles. The van der Waals surface area contributed by atoms with Gasteiger partial charge in [0.15, 0.2) is 0 Å². The fraction of sp³-hybridized carbons (Fsp3) is 0.500. The molecule has 0 N–H and O–H groups in total. The van der Waals surface area contributed by atoms with E-state index in [0.717, 1.165) is 11.4 Å². The van der Waals surface area contributed by atoms with Crippen molar-refractivity contribution >= 4 is 23.8 Å². The van der Waals surface area contributed by atoms with E-state index in [1.807, 2.05) is 12.4 Å². The second-order valence-corrected chi connectivity index (χ2v) is 10.9. The van der Waals surface area contributed by atoms with Crippen LogP contribution in [0.4, 0.5) is 11.4 Å². The molecule has 0 aliphatic rings. The maximum absolute atomic E-state index is 4.85. The minimum absolute atomic E-state index is 0.0370. The molecule has 0 amide bonds. The van der Waals surface area contributed by atoms with Gasteiger partial charge in [-0.3, -0.25) is 9.98 Å². The van der Waals surface area contributed by atoms with E-state index >= 15 is 0 Å². The second-order valence-electron chi connectivity index (χ2n) is 10.9. The van der Waals surface area contributed by atoms with Gasteiger partial charge in [-0.1, -0.05) is 99.6 Å². The molecule has 0 aliphatic carbocycles. The van der Waals surface area contributed by atoms with E-state index in [0.29, 0.717) is 11.8 Å². The fourth-order valence-corrected chi connectivity index (χ4v) is 3.62. The molecule has 0 atom stereocenters. The number of benzene rings is 2. The molecule has 2 heteroatoms. The summed E-state index contributed by atoms with van der Waals surface area (Å²) in [5.74, 6) is 0.868. The first-order chi connectivity index (χ1) is 13.8. The summed E-state index contributed by atoms with van der Waals surface area (Å²) in [6.45, 7) is 22.3. The van der Waals surface area contributed by atoms with Crippen molar-refractivity contribution in [3.63, 3.8) is 0 Å². The van der Waals surface area contributed by atoms with E-state index in [1.165, 1.54) is 22.3 Å². The number of hydrogen-bond donors (Lipinski definition) is 0. The molecule has 2 nitrogen and oxygen atoms in total. The van der Waals surface area contributed by atoms with Gasteiger partial charge in [0.2, 0.25) is 0 Å². The molecule has 0 fully saturated rings. The third kappa shape index (κ3) is 5.90. The van der Waals surface area contributed by atoms with Crippen molar-refractivity contribution < 1.29 is 0 Å². The molecule has 0 spiro atoms. The molecule has 0 heterocycles. The normalized spacial score (nSPS) is 13.3. The number of aliphatic imine (C=N–C) groups is 2. The van der Waals surface area contributed by atoms with Gasteiger partial charge in [-0.05, 0) is 51.0 Å². The van der Waals surface area contributed by atoms with Gasteiger partial charge >= 0.3 is 0 Å². The lowest BCUT2D eigenvalue weighted by Crippen LogP contribution is -2.15. The molecule has 0 aromatic heterocycles. The summed E-state index contributed by atoms with van der Waals surface area (Å²) in [6.07, 6.45) is 3.70. The first kappa shape index (κ1) is 24.1. The third-order valence-corrected chi connectivity index (χ3v) is 5.50. The van der Waals surface area contributed by atoms with Gasteiger partial charge in [-0.2, -0.15) is 0 Å². The van der Waals surface area contributed by atoms with Gasteiger partial charge in [-0.25, -0.2) is 0 Å². The van der Waals surface area contributed by atoms with E-state index in [9.17, 15) is 0 Å². The molecule has 0 aliphatic heterocycles. The van der Waals surface area contributed by atoms with Crippen molar-refractivity contribution in [1.29, 1.82) is 0 Å². The molecular weight excluding hydrogens is 364 g/mol. The zero-order chi connectivity index (χ0) is 22.7. The van der Waals surface area contributed by atoms with Crippen LogP contribution in [0.1, 0.15) is 103 Å². The zero-order valence-electron chi connectivity index (χ0n) is 20.7. The lowest BCUT2D eigenvalue weighted by Gasteiger charge is -2.25. The van der Waals surface area contributed by atoms with E-state index in [1.54, 1.807) is 0 Å². The predicted octanol–water partition coefficient (Wildman–Crippen LogP) is 8.63. The Kier molecular flexibility index (Phi) is 7.45. The van der Waals surface area contributed by atoms with Crippen molar-refractivity contribution in [1.82, 2.24) is 0 Å². The highest BCUT2D eigenvalue weighted by Gasteiger charge is 2.21. The maximum atomic E-state index is 4.85. The molecular formula is C28H40N2. The zero-order valence-corrected chi connectivity index (χ0v) is 20.7. The van der Waals surface area contributed by atoms with Crippen LogP contribution in [0.15, 0.2) is 46.4 Å². The molecule has 30 heavy (non-hydrogen) atoms. The molecule has 2 rings (SSSR count). The first-order valence-corrected chi connectivity index (χ1v) is 11.2. The van der Waals surface area contributed by atoms with E-state index in [2.05, 4.69) is 106 Å². The second kappa shape index (κ2) is 9.29. The largest absolute Gasteiger partial charge is 0.255 e. The van der Waals surface area contributed by atoms with Crippen molar-refractivity contribution in [2.75, 3.05) is 0 Å². The third-order valence-electron chi connectivity index (χ3n) is 5.50. The summed E-state index contributed by atoms with van der Waals surface area (Å²) >= 11 is 0. The van der Waals surface area contributed by atoms with Gasteiger partial charge < -0.3 is 0 Å². The number of rotatable bonds is 5. The Balaban J connectivity index is 2.46. The Hall–Kier alpha value is -2.22. The van der Waals surface area contributed by atoms with Crippen LogP contribution in [0.25, 0.3) is 0 Å². The SMILES string of the molecule is CC(C)c1cccc(C(C)C)c1N=CC=Nc1cc(C(C)(C)C)ccc1C(C)(C)C. The van der Waals surface area contributed by atoms with Gasteiger partial charge in [0.05, 0.1) is 11.4 Å². The van der Waals surface area contributed by atoms with Crippen LogP contribution in [0, 0.1) is 0 Å². The predicted molar refractivity (Wildman–Crippen MR) is 135 cm³/mol. The first-order valence-electron chi connectivity index (χ1n) is 11.2. The van der Waals surface area contributed by atoms with Gasteiger partial charge in [0.1, 0.15) is 0 Å². The Morgan fingerprint density at radius 1 is 0.700 bits per heavy atom. The van der Waals surface area contributed by atoms with Crippen LogP contribution in [-0.4, -0.2) is 12.4 Å². The quantitative estimate of drug-likeness (QED) is 0.445. The van der Waals surface area contributed by atoms with Crippen molar-refractivity contribution in [2.24, 2.45) is 9.98 Å². The molecule has 0 bridgehead atoms. The molecule has 2 aromatic rings. The van der Waals surface area contributed by atoms with Gasteiger partial charge in [-0.15, -0.1) is 0 Å². The van der Waals surface area contributed by atoms with Crippen LogP contribution < -0.4 is 0 Å². The summed E-state index contributed by atoms with van der Waals surface area (Å²) < 4.78 is 0. The molecule has 2 aromatic carbocycles. The number of hydrogen-bond acceptors (Lipinski definition) is 2. The van der Waals surface area contributed by atoms with Gasteiger partial charge in [0.25, 0.3) is 0 Å². The summed E-state index contributed by atoms with van der Waals surface area (Å²) in [5, 5.41) is 0. The molecule has 0 saturated heterocycles. The minimum Gasteiger partial charge on any atom is -0.255 e. The Labute approximate surface area is 184 Å². The van der Waals surface area contributed by atoms with Crippen molar-refractivity contribution in [3.05, 3.63) is 58.7 Å². The molecule has 162 valence electrons. The standard InChI is InChI=1S/C28H40N2/c1-19(2)22-12-11-13-23(20(3)4)26(22)30-17-16-29-25-18-21(27(5,6)7)14-15-24(25)28(8,9)10/h11-20H,1-10H3. The van der Waals surface area contributed by atoms with E-state index in [-0.39, 0.29) is 10.8 Å². The highest BCUT2D eigenvalue weighted by Crippen LogP contribution is 2.36. The fourth-order valence-electron chi connectivity index (χ4n) is 3.62. The van der Waals surface area contributed by atoms with Crippen LogP contribution in [0.5, 0.6) is 0 Å². The van der Waals surface area contributed by atoms with Gasteiger partial charge in [0, 0.05) is 12.4 Å². The van der Waals surface area contributed by atoms with Crippen molar-refractivity contribution in [2.45, 2.75) is 91.9 Å². The summed E-state index contributed by atoms with van der Waals surface area (Å²) in [5.41, 5.74) is 7.38. The van der Waals surface area contributed by atoms with Crippen LogP contribution >= 0.6 is 0 Å². The number of para-hydroxylation sites is 1. The molecule has 0 radical (unpaired) electrons. The summed E-state index contributed by atoms with van der Waals surface area (Å²) in [7, 11) is 0. The highest BCUT2D eigenvalue weighted by molar-refractivity contribution is 6.17. The monoisotopic (exact) mass is 404 g/mol. The van der Waals surface area contributed by atoms with E-state index < -0.39 is 0 Å². The summed E-state index contributed by atoms with van der Waals surface area (Å²) in [6, 6.07) is 13.2. The Bertz CT molecular complexity index is 890.